The zero-order chi connectivity index (χ0) is 25.8. The van der Waals surface area contributed by atoms with Crippen LogP contribution in [0.1, 0.15) is 41.0 Å². The third kappa shape index (κ3) is 6.05. The number of hydrogen-bond donors (Lipinski definition) is 1. The first-order valence-corrected chi connectivity index (χ1v) is 13.1. The van der Waals surface area contributed by atoms with Gasteiger partial charge < -0.3 is 10.2 Å². The van der Waals surface area contributed by atoms with Crippen molar-refractivity contribution in [1.29, 1.82) is 0 Å². The number of nitrogens with one attached hydrogen (secondary N) is 1. The van der Waals surface area contributed by atoms with Crippen LogP contribution in [-0.2, 0) is 22.6 Å². The molecule has 6 heteroatoms. The van der Waals surface area contributed by atoms with Crippen LogP contribution in [0.3, 0.4) is 0 Å². The quantitative estimate of drug-likeness (QED) is 0.498. The summed E-state index contributed by atoms with van der Waals surface area (Å²) in [6.07, 6.45) is 2.51. The third-order valence-corrected chi connectivity index (χ3v) is 7.63. The lowest BCUT2D eigenvalue weighted by molar-refractivity contribution is -0.126. The third-order valence-electron chi connectivity index (χ3n) is 7.38. The van der Waals surface area contributed by atoms with Gasteiger partial charge in [0.25, 0.3) is 5.91 Å². The number of fused-ring (bicyclic) bond motifs is 1. The minimum Gasteiger partial charge on any atom is -0.332 e. The van der Waals surface area contributed by atoms with E-state index in [-0.39, 0.29) is 17.9 Å². The number of halogens is 1. The van der Waals surface area contributed by atoms with E-state index in [1.54, 1.807) is 12.1 Å². The highest BCUT2D eigenvalue weighted by atomic mass is 35.5. The Hall–Kier alpha value is -3.59. The van der Waals surface area contributed by atoms with Gasteiger partial charge in [-0.3, -0.25) is 14.5 Å². The number of hydrogen-bond acceptors (Lipinski definition) is 3. The Morgan fingerprint density at radius 3 is 2.30 bits per heavy atom. The fourth-order valence-corrected chi connectivity index (χ4v) is 5.29. The first-order valence-electron chi connectivity index (χ1n) is 12.7. The molecule has 37 heavy (non-hydrogen) atoms. The first kappa shape index (κ1) is 25.1. The Kier molecular flexibility index (Phi) is 7.60. The molecule has 0 bridgehead atoms. The number of likely N-dealkylation sites (tertiary alicyclic amines) is 1. The lowest BCUT2D eigenvalue weighted by Gasteiger charge is -2.33. The highest BCUT2D eigenvalue weighted by molar-refractivity contribution is 6.30. The van der Waals surface area contributed by atoms with E-state index in [9.17, 15) is 9.59 Å². The molecule has 5 rings (SSSR count). The van der Waals surface area contributed by atoms with Crippen molar-refractivity contribution in [2.45, 2.75) is 37.8 Å². The molecule has 0 spiro atoms. The molecule has 1 N–H and O–H groups in total. The Morgan fingerprint density at radius 2 is 1.59 bits per heavy atom. The molecule has 0 aliphatic carbocycles. The van der Waals surface area contributed by atoms with Gasteiger partial charge in [0.15, 0.2) is 0 Å². The number of rotatable bonds is 3. The minimum atomic E-state index is -0.181. The molecule has 0 radical (unpaired) electrons. The van der Waals surface area contributed by atoms with E-state index in [4.69, 9.17) is 11.6 Å². The van der Waals surface area contributed by atoms with Crippen molar-refractivity contribution < 1.29 is 9.59 Å². The Bertz CT molecular complexity index is 1330. The molecule has 1 unspecified atom stereocenters. The lowest BCUT2D eigenvalue weighted by atomic mass is 9.89. The van der Waals surface area contributed by atoms with Gasteiger partial charge in [-0.05, 0) is 85.3 Å². The highest BCUT2D eigenvalue weighted by Crippen LogP contribution is 2.29. The second-order valence-electron chi connectivity index (χ2n) is 9.84. The monoisotopic (exact) mass is 511 g/mol. The lowest BCUT2D eigenvalue weighted by Crippen LogP contribution is -2.45. The van der Waals surface area contributed by atoms with Crippen LogP contribution in [0.2, 0.25) is 5.02 Å². The number of carbonyl (C=O) groups is 2. The topological polar surface area (TPSA) is 52.7 Å². The number of carbonyl (C=O) groups excluding carboxylic acids is 2. The van der Waals surface area contributed by atoms with Crippen LogP contribution in [0.25, 0.3) is 0 Å². The fraction of sp³-hybridized carbons (Fsp3) is 0.290. The largest absolute Gasteiger partial charge is 0.332 e. The van der Waals surface area contributed by atoms with Crippen molar-refractivity contribution in [1.82, 2.24) is 9.80 Å². The molecule has 1 saturated heterocycles. The van der Waals surface area contributed by atoms with Gasteiger partial charge in [-0.2, -0.15) is 0 Å². The van der Waals surface area contributed by atoms with Gasteiger partial charge in [0.1, 0.15) is 0 Å². The Balaban J connectivity index is 1.13. The van der Waals surface area contributed by atoms with E-state index < -0.39 is 0 Å². The summed E-state index contributed by atoms with van der Waals surface area (Å²) in [4.78, 5) is 29.5. The molecular formula is C31H30ClN3O2. The van der Waals surface area contributed by atoms with Crippen molar-refractivity contribution in [2.75, 3.05) is 25.5 Å². The van der Waals surface area contributed by atoms with Gasteiger partial charge in [0, 0.05) is 41.8 Å². The maximum atomic E-state index is 13.0. The predicted octanol–water partition coefficient (Wildman–Crippen LogP) is 5.09. The van der Waals surface area contributed by atoms with Crippen LogP contribution < -0.4 is 5.32 Å². The average Bonchev–Trinajstić information content (AvgIpc) is 2.92. The molecule has 2 heterocycles. The molecule has 1 atom stereocenters. The summed E-state index contributed by atoms with van der Waals surface area (Å²) in [5, 5.41) is 3.75. The molecule has 1 fully saturated rings. The van der Waals surface area contributed by atoms with Gasteiger partial charge in [-0.15, -0.1) is 0 Å². The number of amides is 2. The average molecular weight is 512 g/mol. The van der Waals surface area contributed by atoms with Gasteiger partial charge >= 0.3 is 0 Å². The van der Waals surface area contributed by atoms with Crippen LogP contribution >= 0.6 is 11.6 Å². The Labute approximate surface area is 223 Å². The van der Waals surface area contributed by atoms with Gasteiger partial charge in [0.05, 0.1) is 6.04 Å². The van der Waals surface area contributed by atoms with E-state index in [2.05, 4.69) is 46.3 Å². The minimum absolute atomic E-state index is 0.0243. The normalized spacial score (nSPS) is 17.9. The van der Waals surface area contributed by atoms with Crippen LogP contribution in [-0.4, -0.2) is 47.8 Å². The van der Waals surface area contributed by atoms with E-state index in [1.165, 1.54) is 16.7 Å². The molecule has 3 aromatic carbocycles. The van der Waals surface area contributed by atoms with E-state index in [1.807, 2.05) is 48.3 Å². The van der Waals surface area contributed by atoms with Crippen LogP contribution in [0, 0.1) is 11.8 Å². The molecule has 0 saturated carbocycles. The molecule has 3 aromatic rings. The summed E-state index contributed by atoms with van der Waals surface area (Å²) in [6.45, 7) is 2.15. The fourth-order valence-electron chi connectivity index (χ4n) is 5.16. The van der Waals surface area contributed by atoms with Gasteiger partial charge in [-0.1, -0.05) is 53.9 Å². The van der Waals surface area contributed by atoms with Crippen molar-refractivity contribution in [3.8, 4) is 11.8 Å². The second-order valence-corrected chi connectivity index (χ2v) is 10.3. The zero-order valence-electron chi connectivity index (χ0n) is 20.9. The molecular weight excluding hydrogens is 482 g/mol. The molecule has 2 amide bonds. The molecule has 2 aliphatic rings. The van der Waals surface area contributed by atoms with Crippen molar-refractivity contribution >= 4 is 29.1 Å². The predicted molar refractivity (Wildman–Crippen MR) is 147 cm³/mol. The SMILES string of the molecule is CN1Cc2ccccc2CC1C(=O)Nc1ccc(C2CCN(C(=O)C#Cc3ccc(Cl)cc3)CC2)cc1. The van der Waals surface area contributed by atoms with E-state index in [0.717, 1.165) is 37.1 Å². The van der Waals surface area contributed by atoms with Crippen molar-refractivity contribution in [2.24, 2.45) is 0 Å². The van der Waals surface area contributed by atoms with Crippen molar-refractivity contribution in [3.05, 3.63) is 100 Å². The van der Waals surface area contributed by atoms with E-state index >= 15 is 0 Å². The maximum absolute atomic E-state index is 13.0. The summed E-state index contributed by atoms with van der Waals surface area (Å²) < 4.78 is 0. The summed E-state index contributed by atoms with van der Waals surface area (Å²) in [7, 11) is 2.00. The van der Waals surface area contributed by atoms with Crippen molar-refractivity contribution in [3.63, 3.8) is 0 Å². The van der Waals surface area contributed by atoms with Gasteiger partial charge in [-0.25, -0.2) is 0 Å². The van der Waals surface area contributed by atoms with E-state index in [0.29, 0.717) is 24.0 Å². The standard InChI is InChI=1S/C31H30ClN3O2/c1-34-21-26-5-3-2-4-25(26)20-29(34)31(37)33-28-13-9-23(10-14-28)24-16-18-35(19-17-24)30(36)15-8-22-6-11-27(32)12-7-22/h2-7,9-14,24,29H,16-21H2,1H3,(H,33,37). The molecule has 5 nitrogen and oxygen atoms in total. The number of piperidine rings is 1. The summed E-state index contributed by atoms with van der Waals surface area (Å²) >= 11 is 5.90. The smallest absolute Gasteiger partial charge is 0.298 e. The first-order chi connectivity index (χ1) is 18.0. The maximum Gasteiger partial charge on any atom is 0.298 e. The highest BCUT2D eigenvalue weighted by Gasteiger charge is 2.29. The second kappa shape index (κ2) is 11.2. The van der Waals surface area contributed by atoms with Gasteiger partial charge in [0.2, 0.25) is 5.91 Å². The number of nitrogens with zero attached hydrogens (tertiary/aromatic N) is 2. The number of benzene rings is 3. The van der Waals surface area contributed by atoms with Crippen LogP contribution in [0.5, 0.6) is 0 Å². The summed E-state index contributed by atoms with van der Waals surface area (Å²) in [6, 6.07) is 23.5. The molecule has 2 aliphatic heterocycles. The van der Waals surface area contributed by atoms with Crippen LogP contribution in [0.15, 0.2) is 72.8 Å². The van der Waals surface area contributed by atoms with Crippen LogP contribution in [0.4, 0.5) is 5.69 Å². The summed E-state index contributed by atoms with van der Waals surface area (Å²) in [5.74, 6) is 5.96. The summed E-state index contributed by atoms with van der Waals surface area (Å²) in [5.41, 5.74) is 5.36. The number of anilines is 1. The molecule has 188 valence electrons. The Morgan fingerprint density at radius 1 is 0.919 bits per heavy atom. The zero-order valence-corrected chi connectivity index (χ0v) is 21.7. The molecule has 0 aromatic heterocycles. The number of likely N-dealkylation sites (N-methyl/N-ethyl adjacent to an activating group) is 1.